The molecule has 0 radical (unpaired) electrons. The van der Waals surface area contributed by atoms with Crippen molar-refractivity contribution in [3.63, 3.8) is 0 Å². The van der Waals surface area contributed by atoms with Crippen LogP contribution >= 0.6 is 0 Å². The quantitative estimate of drug-likeness (QED) is 0.590. The largest absolute Gasteiger partial charge is 0.368 e. The lowest BCUT2D eigenvalue weighted by molar-refractivity contribution is -0.132. The van der Waals surface area contributed by atoms with E-state index in [1.807, 2.05) is 20.8 Å². The molecule has 0 saturated carbocycles. The molecule has 2 atom stereocenters. The Labute approximate surface area is 95.1 Å². The highest BCUT2D eigenvalue weighted by molar-refractivity contribution is 5.84. The van der Waals surface area contributed by atoms with Gasteiger partial charge in [0.15, 0.2) is 0 Å². The van der Waals surface area contributed by atoms with Crippen LogP contribution < -0.4 is 16.2 Å². The fourth-order valence-corrected chi connectivity index (χ4v) is 1.52. The first-order valence-electron chi connectivity index (χ1n) is 5.48. The van der Waals surface area contributed by atoms with Crippen LogP contribution in [-0.4, -0.2) is 30.7 Å². The van der Waals surface area contributed by atoms with Crippen molar-refractivity contribution < 1.29 is 14.3 Å². The van der Waals surface area contributed by atoms with Gasteiger partial charge in [-0.15, -0.1) is 0 Å². The first-order valence-corrected chi connectivity index (χ1v) is 5.48. The van der Waals surface area contributed by atoms with Crippen molar-refractivity contribution in [3.05, 3.63) is 0 Å². The zero-order valence-electron chi connectivity index (χ0n) is 9.87. The monoisotopic (exact) mass is 229 g/mol. The molecular weight excluding hydrogens is 210 g/mol. The molecule has 92 valence electrons. The molecule has 3 amide bonds. The maximum Gasteiger partial charge on any atom is 0.333 e. The first-order chi connectivity index (χ1) is 7.50. The van der Waals surface area contributed by atoms with E-state index >= 15 is 0 Å². The van der Waals surface area contributed by atoms with Crippen LogP contribution in [-0.2, 0) is 9.53 Å². The molecule has 0 unspecified atom stereocenters. The normalized spacial score (nSPS) is 24.2. The topological polar surface area (TPSA) is 79.5 Å². The van der Waals surface area contributed by atoms with Crippen molar-refractivity contribution in [3.8, 4) is 0 Å². The molecule has 6 nitrogen and oxygen atoms in total. The summed E-state index contributed by atoms with van der Waals surface area (Å²) in [5.41, 5.74) is 4.62. The SMILES string of the molecule is CC(C)NC(=O)NNC(=O)[C@H]1OCC[C@H]1C. The zero-order valence-corrected chi connectivity index (χ0v) is 9.87. The highest BCUT2D eigenvalue weighted by Gasteiger charge is 2.30. The van der Waals surface area contributed by atoms with Gasteiger partial charge in [0.1, 0.15) is 6.10 Å². The molecule has 1 heterocycles. The number of hydrogen-bond donors (Lipinski definition) is 3. The number of hydrogen-bond acceptors (Lipinski definition) is 3. The van der Waals surface area contributed by atoms with Crippen LogP contribution in [0.5, 0.6) is 0 Å². The van der Waals surface area contributed by atoms with Gasteiger partial charge in [0.05, 0.1) is 0 Å². The number of amides is 3. The fourth-order valence-electron chi connectivity index (χ4n) is 1.52. The molecule has 1 aliphatic rings. The van der Waals surface area contributed by atoms with Crippen molar-refractivity contribution in [1.82, 2.24) is 16.2 Å². The van der Waals surface area contributed by atoms with Gasteiger partial charge in [-0.2, -0.15) is 0 Å². The van der Waals surface area contributed by atoms with Gasteiger partial charge in [0.25, 0.3) is 5.91 Å². The molecule has 0 aromatic rings. The van der Waals surface area contributed by atoms with Crippen LogP contribution in [0.3, 0.4) is 0 Å². The summed E-state index contributed by atoms with van der Waals surface area (Å²) in [5.74, 6) is -0.112. The number of carbonyl (C=O) groups excluding carboxylic acids is 2. The average Bonchev–Trinajstić information content (AvgIpc) is 2.60. The maximum absolute atomic E-state index is 11.6. The van der Waals surface area contributed by atoms with Crippen molar-refractivity contribution in [2.24, 2.45) is 5.92 Å². The van der Waals surface area contributed by atoms with Crippen molar-refractivity contribution >= 4 is 11.9 Å². The maximum atomic E-state index is 11.6. The smallest absolute Gasteiger partial charge is 0.333 e. The molecule has 1 fully saturated rings. The van der Waals surface area contributed by atoms with E-state index in [1.165, 1.54) is 0 Å². The lowest BCUT2D eigenvalue weighted by Crippen LogP contribution is -2.52. The fraction of sp³-hybridized carbons (Fsp3) is 0.800. The second-order valence-electron chi connectivity index (χ2n) is 4.30. The molecule has 3 N–H and O–H groups in total. The molecule has 0 spiro atoms. The third kappa shape index (κ3) is 3.69. The third-order valence-corrected chi connectivity index (χ3v) is 2.36. The number of carbonyl (C=O) groups is 2. The molecule has 16 heavy (non-hydrogen) atoms. The van der Waals surface area contributed by atoms with Crippen molar-refractivity contribution in [2.45, 2.75) is 39.3 Å². The predicted molar refractivity (Wildman–Crippen MR) is 58.5 cm³/mol. The highest BCUT2D eigenvalue weighted by atomic mass is 16.5. The van der Waals surface area contributed by atoms with Crippen LogP contribution in [0, 0.1) is 5.92 Å². The molecule has 1 rings (SSSR count). The summed E-state index contributed by atoms with van der Waals surface area (Å²) in [4.78, 5) is 22.7. The van der Waals surface area contributed by atoms with Gasteiger partial charge in [-0.25, -0.2) is 10.2 Å². The standard InChI is InChI=1S/C10H19N3O3/c1-6(2)11-10(15)13-12-9(14)8-7(3)4-5-16-8/h6-8H,4-5H2,1-3H3,(H,12,14)(H2,11,13,15)/t7-,8+/m1/s1. The minimum absolute atomic E-state index is 0.0264. The van der Waals surface area contributed by atoms with Gasteiger partial charge in [-0.05, 0) is 26.2 Å². The number of nitrogens with one attached hydrogen (secondary N) is 3. The summed E-state index contributed by atoms with van der Waals surface area (Å²) in [6, 6.07) is -0.396. The van der Waals surface area contributed by atoms with Gasteiger partial charge in [0, 0.05) is 12.6 Å². The Morgan fingerprint density at radius 1 is 1.31 bits per heavy atom. The lowest BCUT2D eigenvalue weighted by Gasteiger charge is -2.15. The lowest BCUT2D eigenvalue weighted by atomic mass is 10.0. The van der Waals surface area contributed by atoms with E-state index in [4.69, 9.17) is 4.74 Å². The molecule has 0 aromatic heterocycles. The number of ether oxygens (including phenoxy) is 1. The Kier molecular flexibility index (Phi) is 4.54. The van der Waals surface area contributed by atoms with Gasteiger partial charge < -0.3 is 10.1 Å². The van der Waals surface area contributed by atoms with Crippen molar-refractivity contribution in [2.75, 3.05) is 6.61 Å². The summed E-state index contributed by atoms with van der Waals surface area (Å²) >= 11 is 0. The van der Waals surface area contributed by atoms with E-state index in [0.29, 0.717) is 6.61 Å². The number of hydrazine groups is 1. The second-order valence-corrected chi connectivity index (χ2v) is 4.30. The summed E-state index contributed by atoms with van der Waals surface area (Å²) < 4.78 is 5.26. The summed E-state index contributed by atoms with van der Waals surface area (Å²) in [5, 5.41) is 2.59. The van der Waals surface area contributed by atoms with Crippen LogP contribution in [0.4, 0.5) is 4.79 Å². The average molecular weight is 229 g/mol. The molecular formula is C10H19N3O3. The van der Waals surface area contributed by atoms with Gasteiger partial charge in [-0.3, -0.25) is 10.2 Å². The molecule has 1 aliphatic heterocycles. The molecule has 1 saturated heterocycles. The van der Waals surface area contributed by atoms with Gasteiger partial charge >= 0.3 is 6.03 Å². The minimum Gasteiger partial charge on any atom is -0.368 e. The predicted octanol–water partition coefficient (Wildman–Crippen LogP) is 0.150. The van der Waals surface area contributed by atoms with E-state index in [1.54, 1.807) is 0 Å². The Bertz CT molecular complexity index is 268. The third-order valence-electron chi connectivity index (χ3n) is 2.36. The van der Waals surface area contributed by atoms with E-state index in [9.17, 15) is 9.59 Å². The molecule has 6 heteroatoms. The molecule has 0 aliphatic carbocycles. The Morgan fingerprint density at radius 3 is 2.50 bits per heavy atom. The Balaban J connectivity index is 2.27. The first kappa shape index (κ1) is 12.8. The second kappa shape index (κ2) is 5.69. The van der Waals surface area contributed by atoms with Gasteiger partial charge in [-0.1, -0.05) is 6.92 Å². The van der Waals surface area contributed by atoms with Crippen LogP contribution in [0.25, 0.3) is 0 Å². The Hall–Kier alpha value is -1.30. The molecule has 0 bridgehead atoms. The van der Waals surface area contributed by atoms with Crippen LogP contribution in [0.2, 0.25) is 0 Å². The summed E-state index contributed by atoms with van der Waals surface area (Å²) in [6.07, 6.45) is 0.412. The van der Waals surface area contributed by atoms with Crippen molar-refractivity contribution in [1.29, 1.82) is 0 Å². The van der Waals surface area contributed by atoms with E-state index < -0.39 is 12.1 Å². The zero-order chi connectivity index (χ0) is 12.1. The van der Waals surface area contributed by atoms with E-state index in [-0.39, 0.29) is 17.9 Å². The van der Waals surface area contributed by atoms with Gasteiger partial charge in [0.2, 0.25) is 0 Å². The molecule has 0 aromatic carbocycles. The summed E-state index contributed by atoms with van der Waals surface area (Å²) in [6.45, 7) is 6.22. The number of urea groups is 1. The van der Waals surface area contributed by atoms with Crippen LogP contribution in [0.1, 0.15) is 27.2 Å². The minimum atomic E-state index is -0.459. The Morgan fingerprint density at radius 2 is 2.00 bits per heavy atom. The van der Waals surface area contributed by atoms with Crippen LogP contribution in [0.15, 0.2) is 0 Å². The number of rotatable bonds is 2. The van der Waals surface area contributed by atoms with E-state index in [2.05, 4.69) is 16.2 Å². The van der Waals surface area contributed by atoms with E-state index in [0.717, 1.165) is 6.42 Å². The highest BCUT2D eigenvalue weighted by Crippen LogP contribution is 2.19. The summed E-state index contributed by atoms with van der Waals surface area (Å²) in [7, 11) is 0.